The van der Waals surface area contributed by atoms with Gasteiger partial charge in [0.2, 0.25) is 5.91 Å². The van der Waals surface area contributed by atoms with Crippen LogP contribution in [0.2, 0.25) is 0 Å². The number of hydrogen-bond donors (Lipinski definition) is 2. The predicted molar refractivity (Wildman–Crippen MR) is 81.6 cm³/mol. The van der Waals surface area contributed by atoms with E-state index in [1.165, 1.54) is 12.8 Å². The van der Waals surface area contributed by atoms with Crippen LogP contribution >= 0.6 is 0 Å². The molecule has 1 heterocycles. The van der Waals surface area contributed by atoms with E-state index in [4.69, 9.17) is 5.14 Å². The maximum Gasteiger partial charge on any atom is 0.274 e. The molecule has 122 valence electrons. The Hall–Kier alpha value is -0.660. The van der Waals surface area contributed by atoms with E-state index in [9.17, 15) is 13.2 Å². The minimum absolute atomic E-state index is 0.173. The molecule has 2 rings (SSSR count). The summed E-state index contributed by atoms with van der Waals surface area (Å²) in [6, 6.07) is 0. The first-order valence-electron chi connectivity index (χ1n) is 8.02. The van der Waals surface area contributed by atoms with Crippen LogP contribution in [0.1, 0.15) is 51.4 Å². The van der Waals surface area contributed by atoms with Gasteiger partial charge in [-0.05, 0) is 31.6 Å². The molecule has 1 amide bonds. The van der Waals surface area contributed by atoms with Gasteiger partial charge in [0, 0.05) is 25.6 Å². The molecule has 0 aromatic heterocycles. The Kier molecular flexibility index (Phi) is 6.01. The molecule has 1 aliphatic carbocycles. The molecule has 0 aromatic carbocycles. The molecule has 2 fully saturated rings. The fourth-order valence-corrected chi connectivity index (χ4v) is 3.92. The molecule has 1 saturated heterocycles. The van der Waals surface area contributed by atoms with Crippen LogP contribution in [-0.4, -0.2) is 38.9 Å². The molecule has 1 saturated carbocycles. The third kappa shape index (κ3) is 5.56. The maximum absolute atomic E-state index is 12.6. The second-order valence-electron chi connectivity index (χ2n) is 6.37. The van der Waals surface area contributed by atoms with Crippen molar-refractivity contribution in [3.63, 3.8) is 0 Å². The summed E-state index contributed by atoms with van der Waals surface area (Å²) in [5.41, 5.74) is 0. The van der Waals surface area contributed by atoms with Crippen molar-refractivity contribution < 1.29 is 13.2 Å². The predicted octanol–water partition coefficient (Wildman–Crippen LogP) is 0.988. The number of hydrogen-bond acceptors (Lipinski definition) is 3. The van der Waals surface area contributed by atoms with Gasteiger partial charge in [0.1, 0.15) is 0 Å². The molecule has 0 bridgehead atoms. The Labute approximate surface area is 127 Å². The Balaban J connectivity index is 1.86. The van der Waals surface area contributed by atoms with E-state index in [2.05, 4.69) is 4.72 Å². The highest BCUT2D eigenvalue weighted by molar-refractivity contribution is 7.87. The highest BCUT2D eigenvalue weighted by Crippen LogP contribution is 2.26. The van der Waals surface area contributed by atoms with Crippen LogP contribution in [0.15, 0.2) is 0 Å². The van der Waals surface area contributed by atoms with Gasteiger partial charge in [-0.25, -0.2) is 9.86 Å². The molecule has 2 aliphatic rings. The van der Waals surface area contributed by atoms with Gasteiger partial charge in [-0.15, -0.1) is 0 Å². The molecular formula is C14H27N3O3S. The fraction of sp³-hybridized carbons (Fsp3) is 0.929. The Morgan fingerprint density at radius 3 is 2.38 bits per heavy atom. The molecule has 1 atom stereocenters. The fourth-order valence-electron chi connectivity index (χ4n) is 3.45. The third-order valence-corrected chi connectivity index (χ3v) is 5.18. The summed E-state index contributed by atoms with van der Waals surface area (Å²) in [5, 5.41) is 4.96. The quantitative estimate of drug-likeness (QED) is 0.757. The number of piperidine rings is 1. The summed E-state index contributed by atoms with van der Waals surface area (Å²) in [4.78, 5) is 14.6. The number of rotatable bonds is 4. The first-order chi connectivity index (χ1) is 9.96. The van der Waals surface area contributed by atoms with Crippen LogP contribution in [-0.2, 0) is 15.0 Å². The van der Waals surface area contributed by atoms with Crippen LogP contribution in [0.25, 0.3) is 0 Å². The number of nitrogens with one attached hydrogen (secondary N) is 1. The van der Waals surface area contributed by atoms with Crippen molar-refractivity contribution in [1.29, 1.82) is 0 Å². The van der Waals surface area contributed by atoms with E-state index in [1.54, 1.807) is 0 Å². The standard InChI is InChI=1S/C14H27N3O3S/c15-21(19,20)16-10-12-6-5-9-17(11-12)14(18)13-7-3-1-2-4-8-13/h12-13,16H,1-11H2,(H2,15,19,20). The molecule has 0 radical (unpaired) electrons. The molecule has 3 N–H and O–H groups in total. The van der Waals surface area contributed by atoms with E-state index in [0.717, 1.165) is 45.1 Å². The molecule has 0 aromatic rings. The zero-order chi connectivity index (χ0) is 15.3. The van der Waals surface area contributed by atoms with Gasteiger partial charge in [-0.1, -0.05) is 25.7 Å². The molecule has 1 unspecified atom stereocenters. The molecule has 1 aliphatic heterocycles. The average Bonchev–Trinajstić information content (AvgIpc) is 2.73. The van der Waals surface area contributed by atoms with E-state index >= 15 is 0 Å². The lowest BCUT2D eigenvalue weighted by Gasteiger charge is -2.35. The molecular weight excluding hydrogens is 290 g/mol. The lowest BCUT2D eigenvalue weighted by molar-refractivity contribution is -0.137. The van der Waals surface area contributed by atoms with Gasteiger partial charge >= 0.3 is 0 Å². The highest BCUT2D eigenvalue weighted by atomic mass is 32.2. The van der Waals surface area contributed by atoms with Gasteiger partial charge in [-0.2, -0.15) is 8.42 Å². The van der Waals surface area contributed by atoms with Gasteiger partial charge in [0.15, 0.2) is 0 Å². The highest BCUT2D eigenvalue weighted by Gasteiger charge is 2.29. The van der Waals surface area contributed by atoms with Crippen LogP contribution in [0.3, 0.4) is 0 Å². The molecule has 21 heavy (non-hydrogen) atoms. The Morgan fingerprint density at radius 1 is 1.10 bits per heavy atom. The summed E-state index contributed by atoms with van der Waals surface area (Å²) in [5.74, 6) is 0.626. The van der Waals surface area contributed by atoms with Crippen molar-refractivity contribution in [3.8, 4) is 0 Å². The number of amides is 1. The zero-order valence-corrected chi connectivity index (χ0v) is 13.4. The Bertz CT molecular complexity index is 444. The number of likely N-dealkylation sites (tertiary alicyclic amines) is 1. The van der Waals surface area contributed by atoms with E-state index < -0.39 is 10.2 Å². The summed E-state index contributed by atoms with van der Waals surface area (Å²) in [7, 11) is -3.64. The van der Waals surface area contributed by atoms with Crippen LogP contribution in [0.5, 0.6) is 0 Å². The van der Waals surface area contributed by atoms with Crippen molar-refractivity contribution >= 4 is 16.1 Å². The van der Waals surface area contributed by atoms with Gasteiger partial charge in [0.05, 0.1) is 0 Å². The van der Waals surface area contributed by atoms with E-state index in [0.29, 0.717) is 13.1 Å². The second kappa shape index (κ2) is 7.56. The van der Waals surface area contributed by atoms with Crippen LogP contribution < -0.4 is 9.86 Å². The minimum Gasteiger partial charge on any atom is -0.342 e. The number of carbonyl (C=O) groups excluding carboxylic acids is 1. The smallest absolute Gasteiger partial charge is 0.274 e. The first kappa shape index (κ1) is 16.7. The summed E-state index contributed by atoms with van der Waals surface area (Å²) in [6.45, 7) is 1.78. The lowest BCUT2D eigenvalue weighted by Crippen LogP contribution is -2.46. The molecule has 7 heteroatoms. The van der Waals surface area contributed by atoms with Crippen molar-refractivity contribution in [1.82, 2.24) is 9.62 Å². The van der Waals surface area contributed by atoms with Crippen LogP contribution in [0, 0.1) is 11.8 Å². The first-order valence-corrected chi connectivity index (χ1v) is 9.56. The SMILES string of the molecule is NS(=O)(=O)NCC1CCCN(C(=O)C2CCCCCC2)C1. The van der Waals surface area contributed by atoms with Crippen molar-refractivity contribution in [2.75, 3.05) is 19.6 Å². The topological polar surface area (TPSA) is 92.5 Å². The second-order valence-corrected chi connectivity index (χ2v) is 7.75. The molecule has 6 nitrogen and oxygen atoms in total. The normalized spacial score (nSPS) is 25.6. The van der Waals surface area contributed by atoms with Crippen molar-refractivity contribution in [3.05, 3.63) is 0 Å². The van der Waals surface area contributed by atoms with E-state index in [-0.39, 0.29) is 17.7 Å². The lowest BCUT2D eigenvalue weighted by atomic mass is 9.94. The van der Waals surface area contributed by atoms with Crippen molar-refractivity contribution in [2.45, 2.75) is 51.4 Å². The average molecular weight is 317 g/mol. The zero-order valence-electron chi connectivity index (χ0n) is 12.6. The monoisotopic (exact) mass is 317 g/mol. The largest absolute Gasteiger partial charge is 0.342 e. The molecule has 0 spiro atoms. The Morgan fingerprint density at radius 2 is 1.76 bits per heavy atom. The van der Waals surface area contributed by atoms with Gasteiger partial charge < -0.3 is 4.90 Å². The number of nitrogens with zero attached hydrogens (tertiary/aromatic N) is 1. The van der Waals surface area contributed by atoms with Gasteiger partial charge in [0.25, 0.3) is 10.2 Å². The van der Waals surface area contributed by atoms with E-state index in [1.807, 2.05) is 4.90 Å². The summed E-state index contributed by atoms with van der Waals surface area (Å²) in [6.07, 6.45) is 8.69. The van der Waals surface area contributed by atoms with Gasteiger partial charge in [-0.3, -0.25) is 4.79 Å². The van der Waals surface area contributed by atoms with Crippen LogP contribution in [0.4, 0.5) is 0 Å². The third-order valence-electron chi connectivity index (χ3n) is 4.61. The summed E-state index contributed by atoms with van der Waals surface area (Å²) >= 11 is 0. The summed E-state index contributed by atoms with van der Waals surface area (Å²) < 4.78 is 24.3. The number of nitrogens with two attached hydrogens (primary N) is 1. The minimum atomic E-state index is -3.64. The van der Waals surface area contributed by atoms with Crippen molar-refractivity contribution in [2.24, 2.45) is 17.0 Å². The maximum atomic E-state index is 12.6. The number of carbonyl (C=O) groups is 1.